The number of nitrogens with one attached hydrogen (secondary N) is 1. The number of carbonyl (C=O) groups excluding carboxylic acids is 1. The SMILES string of the molecule is Cc1nc(N)sc1C(=O)Nc1ccccc1C(F)(F)F. The van der Waals surface area contributed by atoms with Gasteiger partial charge in [-0.1, -0.05) is 23.5 Å². The van der Waals surface area contributed by atoms with E-state index in [0.717, 1.165) is 17.4 Å². The number of hydrogen-bond acceptors (Lipinski definition) is 4. The lowest BCUT2D eigenvalue weighted by molar-refractivity contribution is -0.136. The van der Waals surface area contributed by atoms with E-state index >= 15 is 0 Å². The molecule has 2 rings (SSSR count). The number of nitrogens with two attached hydrogens (primary N) is 1. The van der Waals surface area contributed by atoms with Crippen LogP contribution in [-0.2, 0) is 6.18 Å². The Morgan fingerprint density at radius 2 is 2.00 bits per heavy atom. The third kappa shape index (κ3) is 2.90. The van der Waals surface area contributed by atoms with E-state index < -0.39 is 17.6 Å². The molecule has 8 heteroatoms. The van der Waals surface area contributed by atoms with Gasteiger partial charge < -0.3 is 11.1 Å². The van der Waals surface area contributed by atoms with Crippen LogP contribution in [0.3, 0.4) is 0 Å². The molecule has 0 unspecified atom stereocenters. The Kier molecular flexibility index (Phi) is 3.67. The Morgan fingerprint density at radius 3 is 2.55 bits per heavy atom. The number of nitrogens with zero attached hydrogens (tertiary/aromatic N) is 1. The Balaban J connectivity index is 2.31. The average Bonchev–Trinajstić information content (AvgIpc) is 2.68. The Bertz CT molecular complexity index is 652. The van der Waals surface area contributed by atoms with Crippen molar-refractivity contribution in [2.45, 2.75) is 13.1 Å². The number of halogens is 3. The highest BCUT2D eigenvalue weighted by atomic mass is 32.1. The van der Waals surface area contributed by atoms with E-state index in [0.29, 0.717) is 5.69 Å². The van der Waals surface area contributed by atoms with Gasteiger partial charge in [0.1, 0.15) is 4.88 Å². The summed E-state index contributed by atoms with van der Waals surface area (Å²) in [6.07, 6.45) is -4.54. The summed E-state index contributed by atoms with van der Waals surface area (Å²) in [7, 11) is 0. The van der Waals surface area contributed by atoms with Crippen molar-refractivity contribution in [3.8, 4) is 0 Å². The van der Waals surface area contributed by atoms with Crippen LogP contribution >= 0.6 is 11.3 Å². The van der Waals surface area contributed by atoms with Crippen molar-refractivity contribution in [2.75, 3.05) is 11.1 Å². The Morgan fingerprint density at radius 1 is 1.35 bits per heavy atom. The van der Waals surface area contributed by atoms with Crippen molar-refractivity contribution in [1.82, 2.24) is 4.98 Å². The molecule has 0 atom stereocenters. The van der Waals surface area contributed by atoms with Gasteiger partial charge in [-0.2, -0.15) is 13.2 Å². The highest BCUT2D eigenvalue weighted by molar-refractivity contribution is 7.17. The van der Waals surface area contributed by atoms with Crippen LogP contribution < -0.4 is 11.1 Å². The first-order valence-corrected chi connectivity index (χ1v) is 6.31. The number of benzene rings is 1. The smallest absolute Gasteiger partial charge is 0.375 e. The minimum atomic E-state index is -4.54. The van der Waals surface area contributed by atoms with E-state index in [1.165, 1.54) is 18.2 Å². The fourth-order valence-electron chi connectivity index (χ4n) is 1.65. The fourth-order valence-corrected chi connectivity index (χ4v) is 2.38. The molecule has 0 aliphatic carbocycles. The molecule has 0 aliphatic heterocycles. The molecule has 20 heavy (non-hydrogen) atoms. The maximum absolute atomic E-state index is 12.8. The molecule has 0 aliphatic rings. The first-order valence-electron chi connectivity index (χ1n) is 5.49. The van der Waals surface area contributed by atoms with Crippen molar-refractivity contribution < 1.29 is 18.0 Å². The number of anilines is 2. The summed E-state index contributed by atoms with van der Waals surface area (Å²) in [5, 5.41) is 2.43. The van der Waals surface area contributed by atoms with Gasteiger partial charge in [0, 0.05) is 0 Å². The van der Waals surface area contributed by atoms with Gasteiger partial charge in [0.25, 0.3) is 5.91 Å². The first-order chi connectivity index (χ1) is 9.29. The van der Waals surface area contributed by atoms with Gasteiger partial charge in [0.2, 0.25) is 0 Å². The van der Waals surface area contributed by atoms with Crippen molar-refractivity contribution >= 4 is 28.1 Å². The number of para-hydroxylation sites is 1. The lowest BCUT2D eigenvalue weighted by Gasteiger charge is -2.13. The second-order valence-electron chi connectivity index (χ2n) is 3.96. The maximum atomic E-state index is 12.8. The number of amides is 1. The van der Waals surface area contributed by atoms with Crippen LogP contribution in [-0.4, -0.2) is 10.9 Å². The minimum absolute atomic E-state index is 0.191. The van der Waals surface area contributed by atoms with Crippen molar-refractivity contribution in [1.29, 1.82) is 0 Å². The fraction of sp³-hybridized carbons (Fsp3) is 0.167. The van der Waals surface area contributed by atoms with Gasteiger partial charge in [-0.3, -0.25) is 4.79 Å². The summed E-state index contributed by atoms with van der Waals surface area (Å²) in [4.78, 5) is 16.0. The summed E-state index contributed by atoms with van der Waals surface area (Å²) in [5.74, 6) is -0.659. The molecule has 1 amide bonds. The molecule has 0 fully saturated rings. The molecule has 106 valence electrons. The van der Waals surface area contributed by atoms with Crippen LogP contribution in [0.1, 0.15) is 20.9 Å². The first kappa shape index (κ1) is 14.3. The number of thiazole rings is 1. The van der Waals surface area contributed by atoms with Crippen LogP contribution in [0.15, 0.2) is 24.3 Å². The van der Waals surface area contributed by atoms with E-state index in [1.54, 1.807) is 6.92 Å². The molecule has 0 bridgehead atoms. The molecule has 0 radical (unpaired) electrons. The number of carbonyl (C=O) groups is 1. The molecule has 1 aromatic carbocycles. The van der Waals surface area contributed by atoms with Crippen LogP contribution in [0.25, 0.3) is 0 Å². The van der Waals surface area contributed by atoms with Crippen molar-refractivity contribution in [3.05, 3.63) is 40.4 Å². The predicted octanol–water partition coefficient (Wildman–Crippen LogP) is 3.30. The number of nitrogen functional groups attached to an aromatic ring is 1. The molecule has 3 N–H and O–H groups in total. The molecule has 1 aromatic heterocycles. The monoisotopic (exact) mass is 301 g/mol. The number of aryl methyl sites for hydroxylation is 1. The number of rotatable bonds is 2. The lowest BCUT2D eigenvalue weighted by Crippen LogP contribution is -2.16. The van der Waals surface area contributed by atoms with E-state index in [4.69, 9.17) is 5.73 Å². The molecular weight excluding hydrogens is 291 g/mol. The van der Waals surface area contributed by atoms with Gasteiger partial charge in [-0.15, -0.1) is 0 Å². The molecule has 0 spiro atoms. The number of hydrogen-bond donors (Lipinski definition) is 2. The largest absolute Gasteiger partial charge is 0.418 e. The summed E-state index contributed by atoms with van der Waals surface area (Å²) in [6, 6.07) is 4.77. The molecule has 2 aromatic rings. The minimum Gasteiger partial charge on any atom is -0.375 e. The van der Waals surface area contributed by atoms with Crippen LogP contribution in [0.5, 0.6) is 0 Å². The zero-order valence-electron chi connectivity index (χ0n) is 10.3. The summed E-state index contributed by atoms with van der Waals surface area (Å²) in [6.45, 7) is 1.57. The summed E-state index contributed by atoms with van der Waals surface area (Å²) in [5.41, 5.74) is 4.65. The molecular formula is C12H10F3N3OS. The van der Waals surface area contributed by atoms with Crippen molar-refractivity contribution in [3.63, 3.8) is 0 Å². The van der Waals surface area contributed by atoms with Gasteiger partial charge in [-0.05, 0) is 19.1 Å². The van der Waals surface area contributed by atoms with Crippen molar-refractivity contribution in [2.24, 2.45) is 0 Å². The van der Waals surface area contributed by atoms with E-state index in [9.17, 15) is 18.0 Å². The van der Waals surface area contributed by atoms with E-state index in [2.05, 4.69) is 10.3 Å². The van der Waals surface area contributed by atoms with E-state index in [-0.39, 0.29) is 15.7 Å². The zero-order chi connectivity index (χ0) is 14.9. The zero-order valence-corrected chi connectivity index (χ0v) is 11.1. The third-order valence-electron chi connectivity index (χ3n) is 2.50. The second-order valence-corrected chi connectivity index (χ2v) is 4.99. The average molecular weight is 301 g/mol. The lowest BCUT2D eigenvalue weighted by atomic mass is 10.1. The molecule has 0 saturated heterocycles. The molecule has 4 nitrogen and oxygen atoms in total. The predicted molar refractivity (Wildman–Crippen MR) is 70.7 cm³/mol. The highest BCUT2D eigenvalue weighted by Crippen LogP contribution is 2.35. The molecule has 0 saturated carbocycles. The van der Waals surface area contributed by atoms with Gasteiger partial charge >= 0.3 is 6.18 Å². The second kappa shape index (κ2) is 5.12. The normalized spacial score (nSPS) is 11.4. The summed E-state index contributed by atoms with van der Waals surface area (Å²) >= 11 is 0.928. The topological polar surface area (TPSA) is 68.0 Å². The van der Waals surface area contributed by atoms with Crippen LogP contribution in [0.4, 0.5) is 24.0 Å². The van der Waals surface area contributed by atoms with Gasteiger partial charge in [-0.25, -0.2) is 4.98 Å². The maximum Gasteiger partial charge on any atom is 0.418 e. The number of alkyl halides is 3. The third-order valence-corrected chi connectivity index (χ3v) is 3.49. The highest BCUT2D eigenvalue weighted by Gasteiger charge is 2.33. The number of aromatic nitrogens is 1. The van der Waals surface area contributed by atoms with Gasteiger partial charge in [0.15, 0.2) is 5.13 Å². The Hall–Kier alpha value is -2.09. The summed E-state index contributed by atoms with van der Waals surface area (Å²) < 4.78 is 38.4. The van der Waals surface area contributed by atoms with Crippen LogP contribution in [0.2, 0.25) is 0 Å². The van der Waals surface area contributed by atoms with Crippen LogP contribution in [0, 0.1) is 6.92 Å². The quantitative estimate of drug-likeness (QED) is 0.894. The Labute approximate surface area is 116 Å². The standard InChI is InChI=1S/C12H10F3N3OS/c1-6-9(20-11(16)17-6)10(19)18-8-5-3-2-4-7(8)12(13,14)15/h2-5H,1H3,(H2,16,17)(H,18,19). The van der Waals surface area contributed by atoms with Gasteiger partial charge in [0.05, 0.1) is 16.9 Å². The molecule has 1 heterocycles. The van der Waals surface area contributed by atoms with E-state index in [1.807, 2.05) is 0 Å².